The first kappa shape index (κ1) is 30.3. The number of hydrogen-bond donors (Lipinski definition) is 5. The summed E-state index contributed by atoms with van der Waals surface area (Å²) in [7, 11) is 0. The molecule has 1 saturated heterocycles. The highest BCUT2D eigenvalue weighted by Gasteiger charge is 2.36. The zero-order valence-electron chi connectivity index (χ0n) is 22.9. The van der Waals surface area contributed by atoms with E-state index in [0.717, 1.165) is 16.3 Å². The van der Waals surface area contributed by atoms with Gasteiger partial charge in [0.25, 0.3) is 0 Å². The summed E-state index contributed by atoms with van der Waals surface area (Å²) >= 11 is 0. The minimum atomic E-state index is -1.04. The van der Waals surface area contributed by atoms with Gasteiger partial charge in [0.2, 0.25) is 5.91 Å². The minimum Gasteiger partial charge on any atom is -0.490 e. The number of aliphatic hydroxyl groups excluding tert-OH is 1. The second-order valence-corrected chi connectivity index (χ2v) is 10.5. The fourth-order valence-electron chi connectivity index (χ4n) is 4.90. The Labute approximate surface area is 229 Å². The maximum atomic E-state index is 12.8. The smallest absolute Gasteiger partial charge is 0.326 e. The third kappa shape index (κ3) is 8.64. The molecule has 2 unspecified atom stereocenters. The molecule has 0 bridgehead atoms. The van der Waals surface area contributed by atoms with Gasteiger partial charge in [-0.2, -0.15) is 0 Å². The van der Waals surface area contributed by atoms with Crippen molar-refractivity contribution in [3.8, 4) is 5.75 Å². The fraction of sp³-hybridized carbons (Fsp3) is 0.552. The van der Waals surface area contributed by atoms with E-state index in [9.17, 15) is 29.7 Å². The zero-order chi connectivity index (χ0) is 28.5. The van der Waals surface area contributed by atoms with Crippen molar-refractivity contribution in [2.24, 2.45) is 0 Å². The van der Waals surface area contributed by atoms with Crippen molar-refractivity contribution in [1.29, 1.82) is 0 Å². The number of aliphatic hydroxyl groups is 1. The maximum Gasteiger partial charge on any atom is 0.326 e. The van der Waals surface area contributed by atoms with Gasteiger partial charge in [-0.15, -0.1) is 0 Å². The van der Waals surface area contributed by atoms with Crippen molar-refractivity contribution in [2.45, 2.75) is 83.1 Å². The number of nitrogens with zero attached hydrogens (tertiary/aromatic N) is 1. The van der Waals surface area contributed by atoms with E-state index in [0.29, 0.717) is 50.9 Å². The first-order chi connectivity index (χ1) is 18.6. The molecule has 10 heteroatoms. The number of aryl methyl sites for hydroxylation is 1. The molecule has 39 heavy (non-hydrogen) atoms. The Bertz CT molecular complexity index is 1140. The third-order valence-corrected chi connectivity index (χ3v) is 7.00. The molecule has 4 atom stereocenters. The van der Waals surface area contributed by atoms with Gasteiger partial charge in [0.1, 0.15) is 30.5 Å². The van der Waals surface area contributed by atoms with E-state index < -0.39 is 36.2 Å². The number of nitrogens with one attached hydrogen (secondary N) is 2. The second kappa shape index (κ2) is 14.3. The van der Waals surface area contributed by atoms with Crippen molar-refractivity contribution in [3.63, 3.8) is 0 Å². The molecule has 0 spiro atoms. The lowest BCUT2D eigenvalue weighted by Crippen LogP contribution is -2.53. The van der Waals surface area contributed by atoms with Gasteiger partial charge in [0.15, 0.2) is 0 Å². The average Bonchev–Trinajstić information content (AvgIpc) is 3.39. The van der Waals surface area contributed by atoms with E-state index >= 15 is 0 Å². The van der Waals surface area contributed by atoms with Crippen LogP contribution in [0.5, 0.6) is 5.75 Å². The number of hydrogen-bond acceptors (Lipinski definition) is 7. The molecular weight excluding hydrogens is 502 g/mol. The number of fused-ring (bicyclic) bond motifs is 1. The van der Waals surface area contributed by atoms with Gasteiger partial charge in [-0.05, 0) is 56.0 Å². The van der Waals surface area contributed by atoms with Crippen LogP contribution in [0.2, 0.25) is 0 Å². The van der Waals surface area contributed by atoms with Crippen LogP contribution in [0.15, 0.2) is 36.4 Å². The first-order valence-electron chi connectivity index (χ1n) is 13.6. The maximum absolute atomic E-state index is 12.8. The molecule has 2 aromatic rings. The summed E-state index contributed by atoms with van der Waals surface area (Å²) < 4.78 is 5.88. The summed E-state index contributed by atoms with van der Waals surface area (Å²) in [6.45, 7) is 6.61. The Hall–Kier alpha value is -3.21. The van der Waals surface area contributed by atoms with E-state index in [-0.39, 0.29) is 18.6 Å². The number of benzene rings is 2. The van der Waals surface area contributed by atoms with Crippen molar-refractivity contribution in [1.82, 2.24) is 15.5 Å². The molecule has 3 rings (SSSR count). The number of aliphatic carboxylic acids is 2. The van der Waals surface area contributed by atoms with E-state index in [4.69, 9.17) is 4.74 Å². The number of carbonyl (C=O) groups excluding carboxylic acids is 1. The summed E-state index contributed by atoms with van der Waals surface area (Å²) in [4.78, 5) is 37.4. The predicted octanol–water partition coefficient (Wildman–Crippen LogP) is 2.41. The molecule has 1 heterocycles. The van der Waals surface area contributed by atoms with E-state index in [1.165, 1.54) is 4.90 Å². The summed E-state index contributed by atoms with van der Waals surface area (Å²) in [5.74, 6) is -1.77. The van der Waals surface area contributed by atoms with Crippen LogP contribution < -0.4 is 15.4 Å². The summed E-state index contributed by atoms with van der Waals surface area (Å²) in [6, 6.07) is 9.47. The van der Waals surface area contributed by atoms with Crippen molar-refractivity contribution in [2.75, 3.05) is 19.7 Å². The molecule has 0 radical (unpaired) electrons. The second-order valence-electron chi connectivity index (χ2n) is 10.5. The van der Waals surface area contributed by atoms with E-state index in [1.807, 2.05) is 50.2 Å². The number of carboxylic acids is 2. The van der Waals surface area contributed by atoms with Crippen LogP contribution >= 0.6 is 0 Å². The SMILES string of the molecule is CC(C)NCC(O)COc1cccc2cc(CCCC(N[C@@H](C)C(=O)N3CCC[C@H]3C(=O)O)C(=O)O)ccc12. The van der Waals surface area contributed by atoms with Crippen LogP contribution in [-0.4, -0.2) is 88.0 Å². The van der Waals surface area contributed by atoms with Gasteiger partial charge in [-0.3, -0.25) is 14.9 Å². The van der Waals surface area contributed by atoms with Crippen LogP contribution in [0.3, 0.4) is 0 Å². The lowest BCUT2D eigenvalue weighted by molar-refractivity contribution is -0.149. The monoisotopic (exact) mass is 543 g/mol. The number of amides is 1. The zero-order valence-corrected chi connectivity index (χ0v) is 22.9. The van der Waals surface area contributed by atoms with E-state index in [2.05, 4.69) is 10.6 Å². The molecule has 214 valence electrons. The Morgan fingerprint density at radius 2 is 1.90 bits per heavy atom. The van der Waals surface area contributed by atoms with Crippen LogP contribution in [0.25, 0.3) is 10.8 Å². The number of rotatable bonds is 15. The summed E-state index contributed by atoms with van der Waals surface area (Å²) in [5, 5.41) is 37.2. The largest absolute Gasteiger partial charge is 0.490 e. The van der Waals surface area contributed by atoms with Gasteiger partial charge >= 0.3 is 11.9 Å². The lowest BCUT2D eigenvalue weighted by atomic mass is 10.0. The highest BCUT2D eigenvalue weighted by atomic mass is 16.5. The van der Waals surface area contributed by atoms with Gasteiger partial charge < -0.3 is 30.3 Å². The Morgan fingerprint density at radius 1 is 1.13 bits per heavy atom. The average molecular weight is 544 g/mol. The fourth-order valence-corrected chi connectivity index (χ4v) is 4.90. The van der Waals surface area contributed by atoms with Crippen LogP contribution in [0.4, 0.5) is 0 Å². The van der Waals surface area contributed by atoms with Gasteiger partial charge in [0.05, 0.1) is 6.04 Å². The van der Waals surface area contributed by atoms with Crippen molar-refractivity contribution < 1.29 is 34.4 Å². The predicted molar refractivity (Wildman–Crippen MR) is 148 cm³/mol. The molecule has 1 aliphatic heterocycles. The number of likely N-dealkylation sites (tertiary alicyclic amines) is 1. The third-order valence-electron chi connectivity index (χ3n) is 7.00. The molecule has 10 nitrogen and oxygen atoms in total. The lowest BCUT2D eigenvalue weighted by Gasteiger charge is -2.27. The molecule has 1 fully saturated rings. The van der Waals surface area contributed by atoms with Crippen LogP contribution in [0.1, 0.15) is 52.0 Å². The highest BCUT2D eigenvalue weighted by molar-refractivity contribution is 5.89. The first-order valence-corrected chi connectivity index (χ1v) is 13.6. The Kier molecular flexibility index (Phi) is 11.1. The Morgan fingerprint density at radius 3 is 2.59 bits per heavy atom. The van der Waals surface area contributed by atoms with Crippen LogP contribution in [0, 0.1) is 0 Å². The van der Waals surface area contributed by atoms with E-state index in [1.54, 1.807) is 6.92 Å². The number of carboxylic acid groups (broad SMARTS) is 2. The van der Waals surface area contributed by atoms with Crippen molar-refractivity contribution in [3.05, 3.63) is 42.0 Å². The standard InChI is InChI=1S/C29H41N3O7/c1-18(2)30-16-22(33)17-39-26-11-5-8-21-15-20(12-13-23(21)26)7-4-9-24(28(35)36)31-19(3)27(34)32-14-6-10-25(32)29(37)38/h5,8,11-13,15,18-19,22,24-25,30-31,33H,4,6-7,9-10,14,16-17H2,1-3H3,(H,35,36)(H,37,38)/t19-,22?,24?,25-/m0/s1. The molecule has 1 aliphatic rings. The number of carbonyl (C=O) groups is 3. The molecule has 1 amide bonds. The summed E-state index contributed by atoms with van der Waals surface area (Å²) in [5.41, 5.74) is 1.05. The molecule has 0 aromatic heterocycles. The molecule has 0 aliphatic carbocycles. The molecule has 2 aromatic carbocycles. The van der Waals surface area contributed by atoms with Gasteiger partial charge in [-0.1, -0.05) is 44.2 Å². The molecule has 0 saturated carbocycles. The van der Waals surface area contributed by atoms with Crippen LogP contribution in [-0.2, 0) is 20.8 Å². The number of ether oxygens (including phenoxy) is 1. The quantitative estimate of drug-likeness (QED) is 0.228. The van der Waals surface area contributed by atoms with Crippen molar-refractivity contribution >= 4 is 28.6 Å². The Balaban J connectivity index is 1.54. The molecule has 5 N–H and O–H groups in total. The van der Waals surface area contributed by atoms with Gasteiger partial charge in [0, 0.05) is 24.5 Å². The molecular formula is C29H41N3O7. The summed E-state index contributed by atoms with van der Waals surface area (Å²) in [6.07, 6.45) is 1.97. The minimum absolute atomic E-state index is 0.180. The topological polar surface area (TPSA) is 148 Å². The normalized spacial score (nSPS) is 17.8. The highest BCUT2D eigenvalue weighted by Crippen LogP contribution is 2.27. The van der Waals surface area contributed by atoms with Gasteiger partial charge in [-0.25, -0.2) is 4.79 Å².